The van der Waals surface area contributed by atoms with Crippen LogP contribution in [0.1, 0.15) is 40.0 Å². The number of carbonyl (C=O) groups is 1. The Morgan fingerprint density at radius 2 is 2.00 bits per heavy atom. The molecule has 1 saturated heterocycles. The van der Waals surface area contributed by atoms with Gasteiger partial charge in [0.1, 0.15) is 5.60 Å². The molecule has 2 atom stereocenters. The highest BCUT2D eigenvalue weighted by atomic mass is 19.4. The third kappa shape index (κ3) is 3.07. The van der Waals surface area contributed by atoms with E-state index in [1.807, 2.05) is 0 Å². The summed E-state index contributed by atoms with van der Waals surface area (Å²) >= 11 is 0. The first-order chi connectivity index (χ1) is 8.58. The average molecular weight is 276 g/mol. The smallest absolute Gasteiger partial charge is 0.445 e. The third-order valence-corrected chi connectivity index (χ3v) is 3.45. The van der Waals surface area contributed by atoms with Crippen molar-refractivity contribution in [3.8, 4) is 0 Å². The fourth-order valence-corrected chi connectivity index (χ4v) is 2.71. The van der Waals surface area contributed by atoms with Gasteiger partial charge in [-0.1, -0.05) is 6.08 Å². The molecule has 1 fully saturated rings. The Morgan fingerprint density at radius 1 is 1.37 bits per heavy atom. The summed E-state index contributed by atoms with van der Waals surface area (Å²) in [6, 6.07) is -0.838. The SMILES string of the molecule is CC(C)(C)OC(=O)N1C2C=C([B-](F)(F)F)CC1CC2. The van der Waals surface area contributed by atoms with Crippen LogP contribution in [0.3, 0.4) is 0 Å². The average Bonchev–Trinajstić information content (AvgIpc) is 2.45. The molecule has 2 bridgehead atoms. The lowest BCUT2D eigenvalue weighted by molar-refractivity contribution is 0.0167. The molecule has 1 amide bonds. The van der Waals surface area contributed by atoms with E-state index in [0.717, 1.165) is 0 Å². The quantitative estimate of drug-likeness (QED) is 0.686. The van der Waals surface area contributed by atoms with Crippen LogP contribution in [-0.2, 0) is 4.74 Å². The van der Waals surface area contributed by atoms with Crippen molar-refractivity contribution in [1.29, 1.82) is 0 Å². The fraction of sp³-hybridized carbons (Fsp3) is 0.750. The van der Waals surface area contributed by atoms with Gasteiger partial charge in [-0.15, -0.1) is 5.47 Å². The van der Waals surface area contributed by atoms with E-state index >= 15 is 0 Å². The first-order valence-corrected chi connectivity index (χ1v) is 6.50. The Morgan fingerprint density at radius 3 is 2.47 bits per heavy atom. The van der Waals surface area contributed by atoms with Gasteiger partial charge in [0.15, 0.2) is 0 Å². The molecule has 0 aromatic heterocycles. The number of carbonyl (C=O) groups excluding carboxylic acids is 1. The summed E-state index contributed by atoms with van der Waals surface area (Å²) in [6.45, 7) is 0.303. The zero-order valence-electron chi connectivity index (χ0n) is 11.3. The van der Waals surface area contributed by atoms with Crippen LogP contribution < -0.4 is 0 Å². The van der Waals surface area contributed by atoms with E-state index in [9.17, 15) is 17.7 Å². The van der Waals surface area contributed by atoms with E-state index in [0.29, 0.717) is 12.8 Å². The van der Waals surface area contributed by atoms with E-state index < -0.39 is 30.2 Å². The molecule has 2 aliphatic heterocycles. The zero-order chi connectivity index (χ0) is 14.4. The van der Waals surface area contributed by atoms with E-state index in [1.54, 1.807) is 20.8 Å². The Bertz CT molecular complexity index is 414. The van der Waals surface area contributed by atoms with Gasteiger partial charge in [-0.3, -0.25) is 4.90 Å². The molecule has 2 heterocycles. The molecule has 0 aromatic rings. The van der Waals surface area contributed by atoms with Gasteiger partial charge < -0.3 is 17.7 Å². The lowest BCUT2D eigenvalue weighted by atomic mass is 9.74. The Labute approximate surface area is 110 Å². The van der Waals surface area contributed by atoms with Gasteiger partial charge in [-0.2, -0.15) is 0 Å². The van der Waals surface area contributed by atoms with Crippen LogP contribution in [0.2, 0.25) is 0 Å². The maximum absolute atomic E-state index is 12.8. The minimum absolute atomic E-state index is 0.0980. The summed E-state index contributed by atoms with van der Waals surface area (Å²) in [7, 11) is 0. The van der Waals surface area contributed by atoms with Crippen molar-refractivity contribution in [2.45, 2.75) is 57.7 Å². The summed E-state index contributed by atoms with van der Waals surface area (Å²) < 4.78 is 43.6. The lowest BCUT2D eigenvalue weighted by Gasteiger charge is -2.37. The number of rotatable bonds is 1. The van der Waals surface area contributed by atoms with Crippen molar-refractivity contribution >= 4 is 13.1 Å². The number of fused-ring (bicyclic) bond motifs is 2. The van der Waals surface area contributed by atoms with Gasteiger partial charge in [0.05, 0.1) is 6.04 Å². The first kappa shape index (κ1) is 14.3. The van der Waals surface area contributed by atoms with Gasteiger partial charge in [-0.05, 0) is 40.0 Å². The monoisotopic (exact) mass is 276 g/mol. The summed E-state index contributed by atoms with van der Waals surface area (Å²) in [4.78, 5) is 13.5. The Hall–Kier alpha value is -1.14. The number of nitrogens with zero attached hydrogens (tertiary/aromatic N) is 1. The standard InChI is InChI=1S/C12H18BF3NO2/c1-12(2,3)19-11(18)17-9-4-5-10(17)7-8(6-9)13(14,15)16/h6,9-10H,4-5,7H2,1-3H3/q-1. The van der Waals surface area contributed by atoms with Crippen LogP contribution >= 0.6 is 0 Å². The van der Waals surface area contributed by atoms with Crippen LogP contribution in [0, 0.1) is 0 Å². The van der Waals surface area contributed by atoms with Crippen LogP contribution in [0.25, 0.3) is 0 Å². The van der Waals surface area contributed by atoms with Crippen LogP contribution in [0.5, 0.6) is 0 Å². The van der Waals surface area contributed by atoms with E-state index in [2.05, 4.69) is 0 Å². The number of amides is 1. The minimum Gasteiger partial charge on any atom is -0.445 e. The molecule has 0 N–H and O–H groups in total. The second-order valence-electron chi connectivity index (χ2n) is 6.21. The van der Waals surface area contributed by atoms with Gasteiger partial charge in [0.25, 0.3) is 0 Å². The number of halogens is 3. The zero-order valence-corrected chi connectivity index (χ0v) is 11.3. The normalized spacial score (nSPS) is 27.3. The molecule has 3 nitrogen and oxygen atoms in total. The highest BCUT2D eigenvalue weighted by Crippen LogP contribution is 2.39. The number of ether oxygens (including phenoxy) is 1. The summed E-state index contributed by atoms with van der Waals surface area (Å²) in [5.74, 6) is 0. The highest BCUT2D eigenvalue weighted by molar-refractivity contribution is 6.66. The Kier molecular flexibility index (Phi) is 3.35. The predicted octanol–water partition coefficient (Wildman–Crippen LogP) is 3.47. The maximum Gasteiger partial charge on any atom is 0.505 e. The topological polar surface area (TPSA) is 29.5 Å². The molecular formula is C12H18BF3NO2-. The van der Waals surface area contributed by atoms with Crippen LogP contribution in [0.15, 0.2) is 11.5 Å². The molecule has 2 rings (SSSR count). The molecule has 108 valence electrons. The van der Waals surface area contributed by atoms with Gasteiger partial charge in [-0.25, -0.2) is 4.79 Å². The van der Waals surface area contributed by atoms with Crippen molar-refractivity contribution < 1.29 is 22.5 Å². The molecule has 0 saturated carbocycles. The van der Waals surface area contributed by atoms with E-state index in [-0.39, 0.29) is 12.5 Å². The molecule has 0 aromatic carbocycles. The summed E-state index contributed by atoms with van der Waals surface area (Å²) in [5, 5.41) is 0. The van der Waals surface area contributed by atoms with E-state index in [4.69, 9.17) is 4.74 Å². The van der Waals surface area contributed by atoms with Gasteiger partial charge in [0, 0.05) is 6.04 Å². The molecule has 19 heavy (non-hydrogen) atoms. The third-order valence-electron chi connectivity index (χ3n) is 3.45. The molecule has 0 radical (unpaired) electrons. The van der Waals surface area contributed by atoms with E-state index in [1.165, 1.54) is 11.0 Å². The summed E-state index contributed by atoms with van der Waals surface area (Å²) in [5.41, 5.74) is -1.08. The van der Waals surface area contributed by atoms with Crippen molar-refractivity contribution in [1.82, 2.24) is 4.90 Å². The first-order valence-electron chi connectivity index (χ1n) is 6.50. The predicted molar refractivity (Wildman–Crippen MR) is 66.7 cm³/mol. The summed E-state index contributed by atoms with van der Waals surface area (Å²) in [6.07, 6.45) is 1.78. The maximum atomic E-state index is 12.8. The molecule has 2 unspecified atom stereocenters. The van der Waals surface area contributed by atoms with Crippen LogP contribution in [0.4, 0.5) is 17.7 Å². The lowest BCUT2D eigenvalue weighted by Crippen LogP contribution is -2.47. The molecular weight excluding hydrogens is 258 g/mol. The largest absolute Gasteiger partial charge is 0.505 e. The molecule has 0 aliphatic carbocycles. The second kappa shape index (κ2) is 4.46. The molecule has 0 spiro atoms. The fourth-order valence-electron chi connectivity index (χ4n) is 2.71. The van der Waals surface area contributed by atoms with Crippen LogP contribution in [-0.4, -0.2) is 35.7 Å². The number of hydrogen-bond acceptors (Lipinski definition) is 2. The molecule has 7 heteroatoms. The van der Waals surface area contributed by atoms with Gasteiger partial charge >= 0.3 is 13.1 Å². The second-order valence-corrected chi connectivity index (χ2v) is 6.21. The number of hydrogen-bond donors (Lipinski definition) is 0. The van der Waals surface area contributed by atoms with Crippen molar-refractivity contribution in [2.24, 2.45) is 0 Å². The van der Waals surface area contributed by atoms with Crippen molar-refractivity contribution in [3.63, 3.8) is 0 Å². The molecule has 2 aliphatic rings. The minimum atomic E-state index is -4.94. The van der Waals surface area contributed by atoms with Gasteiger partial charge in [0.2, 0.25) is 0 Å². The van der Waals surface area contributed by atoms with Crippen molar-refractivity contribution in [3.05, 3.63) is 11.5 Å². The Balaban J connectivity index is 2.15. The highest BCUT2D eigenvalue weighted by Gasteiger charge is 2.44. The van der Waals surface area contributed by atoms with Crippen molar-refractivity contribution in [2.75, 3.05) is 0 Å².